The Hall–Kier alpha value is -1.19. The number of hydrogen-bond donors (Lipinski definition) is 0. The van der Waals surface area contributed by atoms with Gasteiger partial charge < -0.3 is 4.52 Å². The molecular weight excluding hydrogens is 240 g/mol. The second-order valence-electron chi connectivity index (χ2n) is 5.89. The van der Waals surface area contributed by atoms with Crippen LogP contribution in [0, 0.1) is 5.92 Å². The SMILES string of the molecule is CC(C)C(=O)Cc1nc(C2CCCCCCC2)no1. The normalized spacial score (nSPS) is 18.3. The average Bonchev–Trinajstić information content (AvgIpc) is 2.76. The van der Waals surface area contributed by atoms with Gasteiger partial charge in [-0.3, -0.25) is 4.79 Å². The van der Waals surface area contributed by atoms with Crippen molar-refractivity contribution < 1.29 is 9.32 Å². The van der Waals surface area contributed by atoms with Crippen LogP contribution in [0.2, 0.25) is 0 Å². The van der Waals surface area contributed by atoms with Crippen molar-refractivity contribution >= 4 is 5.78 Å². The van der Waals surface area contributed by atoms with Gasteiger partial charge in [-0.1, -0.05) is 51.1 Å². The molecule has 0 N–H and O–H groups in total. The molecule has 1 fully saturated rings. The van der Waals surface area contributed by atoms with Gasteiger partial charge in [-0.15, -0.1) is 0 Å². The summed E-state index contributed by atoms with van der Waals surface area (Å²) in [6, 6.07) is 0. The minimum Gasteiger partial charge on any atom is -0.339 e. The fourth-order valence-corrected chi connectivity index (χ4v) is 2.57. The van der Waals surface area contributed by atoms with Crippen molar-refractivity contribution in [2.75, 3.05) is 0 Å². The quantitative estimate of drug-likeness (QED) is 0.832. The predicted octanol–water partition coefficient (Wildman–Crippen LogP) is 3.67. The molecule has 1 aliphatic rings. The molecular formula is C15H24N2O2. The Labute approximate surface area is 115 Å². The third kappa shape index (κ3) is 4.15. The van der Waals surface area contributed by atoms with Crippen LogP contribution in [-0.4, -0.2) is 15.9 Å². The molecule has 0 aliphatic heterocycles. The summed E-state index contributed by atoms with van der Waals surface area (Å²) < 4.78 is 5.23. The van der Waals surface area contributed by atoms with Crippen molar-refractivity contribution in [2.24, 2.45) is 5.92 Å². The Kier molecular flexibility index (Phi) is 5.11. The molecule has 1 aliphatic carbocycles. The largest absolute Gasteiger partial charge is 0.339 e. The number of hydrogen-bond acceptors (Lipinski definition) is 4. The maximum Gasteiger partial charge on any atom is 0.234 e. The van der Waals surface area contributed by atoms with E-state index in [4.69, 9.17) is 4.52 Å². The maximum absolute atomic E-state index is 11.7. The number of nitrogens with zero attached hydrogens (tertiary/aromatic N) is 2. The van der Waals surface area contributed by atoms with Crippen LogP contribution in [0.3, 0.4) is 0 Å². The summed E-state index contributed by atoms with van der Waals surface area (Å²) in [6.45, 7) is 3.79. The van der Waals surface area contributed by atoms with Gasteiger partial charge in [0, 0.05) is 11.8 Å². The first kappa shape index (κ1) is 14.2. The zero-order valence-electron chi connectivity index (χ0n) is 12.0. The molecule has 0 bridgehead atoms. The first-order chi connectivity index (χ1) is 9.16. The molecule has 0 unspecified atom stereocenters. The average molecular weight is 264 g/mol. The van der Waals surface area contributed by atoms with E-state index in [1.54, 1.807) is 0 Å². The molecule has 1 saturated carbocycles. The lowest BCUT2D eigenvalue weighted by atomic mass is 9.91. The molecule has 0 radical (unpaired) electrons. The predicted molar refractivity (Wildman–Crippen MR) is 72.9 cm³/mol. The van der Waals surface area contributed by atoms with Crippen molar-refractivity contribution in [3.05, 3.63) is 11.7 Å². The molecule has 4 heteroatoms. The fraction of sp³-hybridized carbons (Fsp3) is 0.800. The second-order valence-corrected chi connectivity index (χ2v) is 5.89. The van der Waals surface area contributed by atoms with Crippen LogP contribution >= 0.6 is 0 Å². The summed E-state index contributed by atoms with van der Waals surface area (Å²) >= 11 is 0. The molecule has 0 amide bonds. The topological polar surface area (TPSA) is 56.0 Å². The smallest absolute Gasteiger partial charge is 0.234 e. The van der Waals surface area contributed by atoms with Crippen LogP contribution in [0.5, 0.6) is 0 Å². The molecule has 1 aromatic rings. The van der Waals surface area contributed by atoms with Crippen molar-refractivity contribution in [3.63, 3.8) is 0 Å². The second kappa shape index (κ2) is 6.83. The van der Waals surface area contributed by atoms with Crippen LogP contribution in [0.25, 0.3) is 0 Å². The zero-order valence-corrected chi connectivity index (χ0v) is 12.0. The first-order valence-corrected chi connectivity index (χ1v) is 7.52. The van der Waals surface area contributed by atoms with E-state index >= 15 is 0 Å². The van der Waals surface area contributed by atoms with Crippen LogP contribution in [0.4, 0.5) is 0 Å². The van der Waals surface area contributed by atoms with Gasteiger partial charge in [-0.25, -0.2) is 0 Å². The molecule has 0 atom stereocenters. The Morgan fingerprint density at radius 3 is 2.47 bits per heavy atom. The van der Waals surface area contributed by atoms with Gasteiger partial charge in [0.15, 0.2) is 5.82 Å². The number of carbonyl (C=O) groups excluding carboxylic acids is 1. The summed E-state index contributed by atoms with van der Waals surface area (Å²) in [5.41, 5.74) is 0. The lowest BCUT2D eigenvalue weighted by Gasteiger charge is -2.15. The highest BCUT2D eigenvalue weighted by atomic mass is 16.5. The third-order valence-electron chi connectivity index (χ3n) is 3.92. The van der Waals surface area contributed by atoms with Crippen LogP contribution in [0.1, 0.15) is 76.4 Å². The van der Waals surface area contributed by atoms with Gasteiger partial charge in [0.2, 0.25) is 5.89 Å². The summed E-state index contributed by atoms with van der Waals surface area (Å²) in [5, 5.41) is 4.09. The zero-order chi connectivity index (χ0) is 13.7. The highest BCUT2D eigenvalue weighted by molar-refractivity contribution is 5.81. The standard InChI is InChI=1S/C15H24N2O2/c1-11(2)13(18)10-14-16-15(17-19-14)12-8-6-4-3-5-7-9-12/h11-12H,3-10H2,1-2H3. The highest BCUT2D eigenvalue weighted by Crippen LogP contribution is 2.29. The van der Waals surface area contributed by atoms with E-state index in [-0.39, 0.29) is 18.1 Å². The van der Waals surface area contributed by atoms with Crippen molar-refractivity contribution in [2.45, 2.75) is 71.1 Å². The molecule has 106 valence electrons. The number of rotatable bonds is 4. The van der Waals surface area contributed by atoms with Crippen LogP contribution < -0.4 is 0 Å². The molecule has 1 heterocycles. The van der Waals surface area contributed by atoms with E-state index in [0.29, 0.717) is 11.8 Å². The lowest BCUT2D eigenvalue weighted by molar-refractivity contribution is -0.121. The molecule has 0 saturated heterocycles. The van der Waals surface area contributed by atoms with E-state index in [1.165, 1.54) is 32.1 Å². The Morgan fingerprint density at radius 2 is 1.84 bits per heavy atom. The van der Waals surface area contributed by atoms with Gasteiger partial charge >= 0.3 is 0 Å². The Morgan fingerprint density at radius 1 is 1.21 bits per heavy atom. The molecule has 4 nitrogen and oxygen atoms in total. The molecule has 0 spiro atoms. The minimum atomic E-state index is 0.0248. The number of ketones is 1. The van der Waals surface area contributed by atoms with E-state index in [1.807, 2.05) is 13.8 Å². The summed E-state index contributed by atoms with van der Waals surface area (Å²) in [6.07, 6.45) is 9.05. The third-order valence-corrected chi connectivity index (χ3v) is 3.92. The Bertz CT molecular complexity index is 404. The molecule has 0 aromatic carbocycles. The summed E-state index contributed by atoms with van der Waals surface area (Å²) in [7, 11) is 0. The number of Topliss-reactive ketones (excluding diaryl/α,β-unsaturated/α-hetero) is 1. The van der Waals surface area contributed by atoms with Gasteiger partial charge in [-0.05, 0) is 12.8 Å². The lowest BCUT2D eigenvalue weighted by Crippen LogP contribution is -2.10. The highest BCUT2D eigenvalue weighted by Gasteiger charge is 2.20. The van der Waals surface area contributed by atoms with Gasteiger partial charge in [-0.2, -0.15) is 4.98 Å². The van der Waals surface area contributed by atoms with Gasteiger partial charge in [0.1, 0.15) is 5.78 Å². The minimum absolute atomic E-state index is 0.0248. The summed E-state index contributed by atoms with van der Waals surface area (Å²) in [4.78, 5) is 16.1. The fourth-order valence-electron chi connectivity index (χ4n) is 2.57. The van der Waals surface area contributed by atoms with E-state index in [9.17, 15) is 4.79 Å². The molecule has 2 rings (SSSR count). The molecule has 1 aromatic heterocycles. The van der Waals surface area contributed by atoms with Crippen molar-refractivity contribution in [1.29, 1.82) is 0 Å². The van der Waals surface area contributed by atoms with Crippen LogP contribution in [-0.2, 0) is 11.2 Å². The summed E-state index contributed by atoms with van der Waals surface area (Å²) in [5.74, 6) is 1.90. The first-order valence-electron chi connectivity index (χ1n) is 7.52. The van der Waals surface area contributed by atoms with Gasteiger partial charge in [0.05, 0.1) is 6.42 Å². The van der Waals surface area contributed by atoms with Gasteiger partial charge in [0.25, 0.3) is 0 Å². The van der Waals surface area contributed by atoms with E-state index in [0.717, 1.165) is 18.7 Å². The molecule has 19 heavy (non-hydrogen) atoms. The van der Waals surface area contributed by atoms with E-state index in [2.05, 4.69) is 10.1 Å². The number of carbonyl (C=O) groups is 1. The number of aromatic nitrogens is 2. The van der Waals surface area contributed by atoms with Crippen molar-refractivity contribution in [1.82, 2.24) is 10.1 Å². The Balaban J connectivity index is 1.96. The van der Waals surface area contributed by atoms with E-state index < -0.39 is 0 Å². The monoisotopic (exact) mass is 264 g/mol. The maximum atomic E-state index is 11.7. The van der Waals surface area contributed by atoms with Crippen LogP contribution in [0.15, 0.2) is 4.52 Å². The van der Waals surface area contributed by atoms with Crippen molar-refractivity contribution in [3.8, 4) is 0 Å².